The third-order valence-electron chi connectivity index (χ3n) is 3.71. The zero-order valence-electron chi connectivity index (χ0n) is 13.3. The van der Waals surface area contributed by atoms with Crippen LogP contribution in [0.15, 0.2) is 57.8 Å². The number of benzene rings is 2. The molecule has 2 aromatic rings. The van der Waals surface area contributed by atoms with E-state index in [4.69, 9.17) is 16.3 Å². The molecule has 0 fully saturated rings. The summed E-state index contributed by atoms with van der Waals surface area (Å²) in [7, 11) is -1.96. The van der Waals surface area contributed by atoms with E-state index in [0.717, 1.165) is 0 Å². The first-order chi connectivity index (χ1) is 11.9. The summed E-state index contributed by atoms with van der Waals surface area (Å²) >= 11 is 5.78. The highest BCUT2D eigenvalue weighted by Crippen LogP contribution is 2.26. The summed E-state index contributed by atoms with van der Waals surface area (Å²) in [5, 5.41) is 0.537. The highest BCUT2D eigenvalue weighted by Gasteiger charge is 2.30. The maximum Gasteiger partial charge on any atom is 0.338 e. The quantitative estimate of drug-likeness (QED) is 0.764. The van der Waals surface area contributed by atoms with Crippen LogP contribution in [0.5, 0.6) is 0 Å². The molecule has 6 nitrogen and oxygen atoms in total. The number of likely N-dealkylation sites (N-methyl/N-ethyl adjacent to an activating group) is 1. The standard InChI is InChI=1S/C17H15ClN2O4S/c1-20(10-11-24-17(21)12-6-8-13(18)9-7-12)16-14-4-2-3-5-15(14)25(22,23)19-16/h2-9H,10-11H2,1H3. The molecule has 0 aromatic heterocycles. The number of sulfonamides is 1. The highest BCUT2D eigenvalue weighted by molar-refractivity contribution is 7.90. The Hall–Kier alpha value is -2.38. The van der Waals surface area contributed by atoms with E-state index in [2.05, 4.69) is 4.40 Å². The molecule has 0 atom stereocenters. The first kappa shape index (κ1) is 17.4. The lowest BCUT2D eigenvalue weighted by Crippen LogP contribution is -2.30. The molecule has 0 bridgehead atoms. The number of rotatable bonds is 4. The van der Waals surface area contributed by atoms with Gasteiger partial charge in [-0.1, -0.05) is 23.7 Å². The molecule has 3 rings (SSSR count). The van der Waals surface area contributed by atoms with Crippen LogP contribution in [0.25, 0.3) is 0 Å². The Labute approximate surface area is 150 Å². The van der Waals surface area contributed by atoms with E-state index in [1.165, 1.54) is 6.07 Å². The Balaban J connectivity index is 1.63. The van der Waals surface area contributed by atoms with Crippen molar-refractivity contribution in [2.24, 2.45) is 4.40 Å². The van der Waals surface area contributed by atoms with Gasteiger partial charge < -0.3 is 9.64 Å². The fourth-order valence-electron chi connectivity index (χ4n) is 2.41. The van der Waals surface area contributed by atoms with Crippen molar-refractivity contribution in [3.63, 3.8) is 0 Å². The van der Waals surface area contributed by atoms with Crippen molar-refractivity contribution in [3.05, 3.63) is 64.7 Å². The molecule has 0 amide bonds. The molecule has 130 valence electrons. The Morgan fingerprint density at radius 2 is 1.84 bits per heavy atom. The van der Waals surface area contributed by atoms with Gasteiger partial charge in [-0.2, -0.15) is 8.42 Å². The lowest BCUT2D eigenvalue weighted by Gasteiger charge is -2.18. The van der Waals surface area contributed by atoms with E-state index in [-0.39, 0.29) is 11.5 Å². The summed E-state index contributed by atoms with van der Waals surface area (Å²) in [5.41, 5.74) is 0.951. The van der Waals surface area contributed by atoms with Crippen molar-refractivity contribution in [2.75, 3.05) is 20.2 Å². The minimum Gasteiger partial charge on any atom is -0.460 e. The molecule has 0 aliphatic carbocycles. The second-order valence-corrected chi connectivity index (χ2v) is 7.46. The highest BCUT2D eigenvalue weighted by atomic mass is 35.5. The molecular weight excluding hydrogens is 364 g/mol. The van der Waals surface area contributed by atoms with Gasteiger partial charge in [0, 0.05) is 17.6 Å². The maximum atomic E-state index is 12.1. The number of carbonyl (C=O) groups excluding carboxylic acids is 1. The van der Waals surface area contributed by atoms with Crippen LogP contribution in [0.4, 0.5) is 0 Å². The van der Waals surface area contributed by atoms with Crippen LogP contribution in [-0.2, 0) is 14.8 Å². The number of ether oxygens (including phenoxy) is 1. The lowest BCUT2D eigenvalue weighted by atomic mass is 10.2. The number of esters is 1. The van der Waals surface area contributed by atoms with Crippen LogP contribution in [0.3, 0.4) is 0 Å². The SMILES string of the molecule is CN(CCOC(=O)c1ccc(Cl)cc1)C1=NS(=O)(=O)c2ccccc21. The predicted molar refractivity (Wildman–Crippen MR) is 94.5 cm³/mol. The number of nitrogens with zero attached hydrogens (tertiary/aromatic N) is 2. The predicted octanol–water partition coefficient (Wildman–Crippen LogP) is 2.58. The van der Waals surface area contributed by atoms with Crippen molar-refractivity contribution < 1.29 is 17.9 Å². The third kappa shape index (κ3) is 3.67. The molecule has 8 heteroatoms. The molecule has 0 unspecified atom stereocenters. The Kier molecular flexibility index (Phi) is 4.78. The van der Waals surface area contributed by atoms with Gasteiger partial charge in [-0.25, -0.2) is 4.79 Å². The number of hydrogen-bond donors (Lipinski definition) is 0. The molecule has 0 radical (unpaired) electrons. The van der Waals surface area contributed by atoms with Gasteiger partial charge in [0.2, 0.25) is 0 Å². The average Bonchev–Trinajstić information content (AvgIpc) is 2.87. The molecule has 1 aliphatic rings. The average molecular weight is 379 g/mol. The number of carbonyl (C=O) groups is 1. The first-order valence-corrected chi connectivity index (χ1v) is 9.28. The summed E-state index contributed by atoms with van der Waals surface area (Å²) in [6, 6.07) is 13.0. The third-order valence-corrected chi connectivity index (χ3v) is 5.29. The molecule has 0 saturated carbocycles. The fraction of sp³-hybridized carbons (Fsp3) is 0.176. The van der Waals surface area contributed by atoms with Crippen molar-refractivity contribution in [1.29, 1.82) is 0 Å². The molecule has 1 heterocycles. The van der Waals surface area contributed by atoms with Gasteiger partial charge in [0.1, 0.15) is 11.5 Å². The second-order valence-electron chi connectivity index (χ2n) is 5.45. The van der Waals surface area contributed by atoms with E-state index >= 15 is 0 Å². The van der Waals surface area contributed by atoms with Crippen LogP contribution >= 0.6 is 11.6 Å². The summed E-state index contributed by atoms with van der Waals surface area (Å²) in [6.07, 6.45) is 0. The molecule has 2 aromatic carbocycles. The largest absolute Gasteiger partial charge is 0.460 e. The number of halogens is 1. The molecule has 1 aliphatic heterocycles. The summed E-state index contributed by atoms with van der Waals surface area (Å²) in [4.78, 5) is 13.8. The van der Waals surface area contributed by atoms with Gasteiger partial charge in [0.15, 0.2) is 5.84 Å². The monoisotopic (exact) mass is 378 g/mol. The van der Waals surface area contributed by atoms with E-state index in [1.54, 1.807) is 54.4 Å². The maximum absolute atomic E-state index is 12.1. The van der Waals surface area contributed by atoms with Crippen molar-refractivity contribution in [1.82, 2.24) is 4.90 Å². The van der Waals surface area contributed by atoms with Gasteiger partial charge in [-0.3, -0.25) is 0 Å². The first-order valence-electron chi connectivity index (χ1n) is 7.47. The summed E-state index contributed by atoms with van der Waals surface area (Å²) in [5.74, 6) is -0.121. The second kappa shape index (κ2) is 6.85. The molecule has 25 heavy (non-hydrogen) atoms. The number of hydrogen-bond acceptors (Lipinski definition) is 5. The van der Waals surface area contributed by atoms with Gasteiger partial charge >= 0.3 is 5.97 Å². The van der Waals surface area contributed by atoms with Crippen molar-refractivity contribution in [2.45, 2.75) is 4.90 Å². The molecule has 0 spiro atoms. The summed E-state index contributed by atoms with van der Waals surface area (Å²) < 4.78 is 33.1. The zero-order chi connectivity index (χ0) is 18.0. The van der Waals surface area contributed by atoms with Crippen LogP contribution in [0.1, 0.15) is 15.9 Å². The van der Waals surface area contributed by atoms with Crippen LogP contribution in [-0.4, -0.2) is 45.3 Å². The van der Waals surface area contributed by atoms with Gasteiger partial charge in [0.25, 0.3) is 10.0 Å². The zero-order valence-corrected chi connectivity index (χ0v) is 14.9. The van der Waals surface area contributed by atoms with Crippen molar-refractivity contribution in [3.8, 4) is 0 Å². The molecule has 0 saturated heterocycles. The normalized spacial score (nSPS) is 14.6. The van der Waals surface area contributed by atoms with Crippen LogP contribution in [0, 0.1) is 0 Å². The molecular formula is C17H15ClN2O4S. The summed E-state index contributed by atoms with van der Waals surface area (Å²) in [6.45, 7) is 0.404. The minimum atomic E-state index is -3.66. The molecule has 0 N–H and O–H groups in total. The van der Waals surface area contributed by atoms with E-state index in [9.17, 15) is 13.2 Å². The van der Waals surface area contributed by atoms with E-state index in [1.807, 2.05) is 0 Å². The number of amidine groups is 1. The topological polar surface area (TPSA) is 76.0 Å². The van der Waals surface area contributed by atoms with E-state index in [0.29, 0.717) is 28.5 Å². The Bertz CT molecular complexity index is 939. The number of fused-ring (bicyclic) bond motifs is 1. The van der Waals surface area contributed by atoms with Gasteiger partial charge in [-0.05, 0) is 36.4 Å². The lowest BCUT2D eigenvalue weighted by molar-refractivity contribution is 0.0492. The minimum absolute atomic E-state index is 0.0964. The Morgan fingerprint density at radius 1 is 1.16 bits per heavy atom. The Morgan fingerprint density at radius 3 is 2.56 bits per heavy atom. The van der Waals surface area contributed by atoms with Crippen molar-refractivity contribution >= 4 is 33.4 Å². The van der Waals surface area contributed by atoms with Gasteiger partial charge in [0.05, 0.1) is 12.1 Å². The fourth-order valence-corrected chi connectivity index (χ4v) is 3.79. The van der Waals surface area contributed by atoms with E-state index < -0.39 is 16.0 Å². The smallest absolute Gasteiger partial charge is 0.338 e. The van der Waals surface area contributed by atoms with Crippen LogP contribution in [0.2, 0.25) is 5.02 Å². The van der Waals surface area contributed by atoms with Gasteiger partial charge in [-0.15, -0.1) is 4.40 Å². The van der Waals surface area contributed by atoms with Crippen LogP contribution < -0.4 is 0 Å².